The first kappa shape index (κ1) is 15.0. The van der Waals surface area contributed by atoms with Crippen molar-refractivity contribution in [1.29, 1.82) is 0 Å². The second-order valence-corrected chi connectivity index (χ2v) is 4.99. The predicted octanol–water partition coefficient (Wildman–Crippen LogP) is 4.00. The van der Waals surface area contributed by atoms with Crippen LogP contribution in [0.3, 0.4) is 0 Å². The van der Waals surface area contributed by atoms with E-state index in [1.54, 1.807) is 0 Å². The Morgan fingerprint density at radius 3 is 2.22 bits per heavy atom. The molecular weight excluding hydrogens is 228 g/mol. The van der Waals surface area contributed by atoms with Crippen LogP contribution in [-0.4, -0.2) is 10.2 Å². The van der Waals surface area contributed by atoms with Crippen LogP contribution in [0, 0.1) is 0 Å². The summed E-state index contributed by atoms with van der Waals surface area (Å²) in [4.78, 5) is 11.0. The molecule has 0 bridgehead atoms. The highest BCUT2D eigenvalue weighted by Crippen LogP contribution is 2.26. The quantitative estimate of drug-likeness (QED) is 0.642. The average molecular weight is 254 g/mol. The Hall–Kier alpha value is -1.06. The van der Waals surface area contributed by atoms with E-state index in [-0.39, 0.29) is 0 Å². The van der Waals surface area contributed by atoms with E-state index in [1.807, 2.05) is 0 Å². The van der Waals surface area contributed by atoms with E-state index >= 15 is 0 Å². The SMILES string of the molecule is CCCCCCC(CCCCC)c1n[nH]c(=O)o1. The van der Waals surface area contributed by atoms with Crippen LogP contribution in [0.2, 0.25) is 0 Å². The van der Waals surface area contributed by atoms with Crippen molar-refractivity contribution in [3.8, 4) is 0 Å². The minimum atomic E-state index is -0.431. The highest BCUT2D eigenvalue weighted by Gasteiger charge is 2.16. The minimum absolute atomic E-state index is 0.312. The van der Waals surface area contributed by atoms with Gasteiger partial charge in [0, 0.05) is 5.92 Å². The van der Waals surface area contributed by atoms with E-state index in [0.29, 0.717) is 11.8 Å². The molecule has 0 saturated carbocycles. The van der Waals surface area contributed by atoms with Crippen LogP contribution in [0.4, 0.5) is 0 Å². The maximum absolute atomic E-state index is 11.0. The smallest absolute Gasteiger partial charge is 0.392 e. The zero-order chi connectivity index (χ0) is 13.2. The van der Waals surface area contributed by atoms with Crippen molar-refractivity contribution in [3.63, 3.8) is 0 Å². The Kier molecular flexibility index (Phi) is 7.46. The number of aromatic amines is 1. The third-order valence-electron chi connectivity index (χ3n) is 3.37. The van der Waals surface area contributed by atoms with Gasteiger partial charge in [0.2, 0.25) is 5.89 Å². The number of unbranched alkanes of at least 4 members (excludes halogenated alkanes) is 5. The van der Waals surface area contributed by atoms with Crippen molar-refractivity contribution in [2.24, 2.45) is 0 Å². The zero-order valence-electron chi connectivity index (χ0n) is 11.7. The molecule has 0 aliphatic heterocycles. The summed E-state index contributed by atoms with van der Waals surface area (Å²) in [5.74, 6) is 0.485. The molecule has 0 fully saturated rings. The van der Waals surface area contributed by atoms with E-state index < -0.39 is 5.76 Å². The summed E-state index contributed by atoms with van der Waals surface area (Å²) in [6.07, 6.45) is 10.8. The first-order chi connectivity index (χ1) is 8.77. The number of nitrogens with one attached hydrogen (secondary N) is 1. The molecule has 0 saturated heterocycles. The summed E-state index contributed by atoms with van der Waals surface area (Å²) in [5.41, 5.74) is 0. The summed E-state index contributed by atoms with van der Waals surface area (Å²) in [6, 6.07) is 0. The Morgan fingerprint density at radius 1 is 1.06 bits per heavy atom. The van der Waals surface area contributed by atoms with Crippen LogP contribution in [-0.2, 0) is 0 Å². The molecule has 1 unspecified atom stereocenters. The van der Waals surface area contributed by atoms with E-state index in [0.717, 1.165) is 12.8 Å². The molecule has 1 rings (SSSR count). The monoisotopic (exact) mass is 254 g/mol. The average Bonchev–Trinajstić information content (AvgIpc) is 2.79. The highest BCUT2D eigenvalue weighted by atomic mass is 16.4. The number of nitrogens with zero attached hydrogens (tertiary/aromatic N) is 1. The Balaban J connectivity index is 2.44. The van der Waals surface area contributed by atoms with Crippen molar-refractivity contribution in [1.82, 2.24) is 10.2 Å². The molecule has 1 atom stereocenters. The van der Waals surface area contributed by atoms with Gasteiger partial charge in [-0.15, -0.1) is 5.10 Å². The molecule has 0 spiro atoms. The van der Waals surface area contributed by atoms with Crippen molar-refractivity contribution in [3.05, 3.63) is 16.4 Å². The van der Waals surface area contributed by atoms with Crippen molar-refractivity contribution >= 4 is 0 Å². The molecule has 104 valence electrons. The minimum Gasteiger partial charge on any atom is -0.392 e. The van der Waals surface area contributed by atoms with Gasteiger partial charge in [-0.25, -0.2) is 9.89 Å². The summed E-state index contributed by atoms with van der Waals surface area (Å²) >= 11 is 0. The van der Waals surface area contributed by atoms with E-state index in [9.17, 15) is 4.79 Å². The molecule has 4 nitrogen and oxygen atoms in total. The van der Waals surface area contributed by atoms with Gasteiger partial charge in [-0.05, 0) is 12.8 Å². The van der Waals surface area contributed by atoms with Crippen molar-refractivity contribution in [2.45, 2.75) is 77.6 Å². The van der Waals surface area contributed by atoms with Gasteiger partial charge in [0.25, 0.3) is 0 Å². The second-order valence-electron chi connectivity index (χ2n) is 4.99. The van der Waals surface area contributed by atoms with E-state index in [2.05, 4.69) is 24.0 Å². The van der Waals surface area contributed by atoms with Crippen LogP contribution in [0.5, 0.6) is 0 Å². The molecule has 1 aromatic rings. The van der Waals surface area contributed by atoms with Gasteiger partial charge in [0.05, 0.1) is 0 Å². The predicted molar refractivity (Wildman–Crippen MR) is 72.8 cm³/mol. The Labute approximate surface area is 109 Å². The molecule has 0 aromatic carbocycles. The van der Waals surface area contributed by atoms with Crippen LogP contribution < -0.4 is 5.76 Å². The number of aromatic nitrogens is 2. The molecular formula is C14H26N2O2. The molecule has 4 heteroatoms. The van der Waals surface area contributed by atoms with Crippen molar-refractivity contribution in [2.75, 3.05) is 0 Å². The normalized spacial score (nSPS) is 12.8. The molecule has 1 N–H and O–H groups in total. The second kappa shape index (κ2) is 8.95. The Bertz CT molecular complexity index is 357. The fraction of sp³-hybridized carbons (Fsp3) is 0.857. The van der Waals surface area contributed by atoms with Gasteiger partial charge in [-0.1, -0.05) is 58.8 Å². The number of rotatable bonds is 10. The molecule has 0 aliphatic carbocycles. The van der Waals surface area contributed by atoms with E-state index in [1.165, 1.54) is 44.9 Å². The lowest BCUT2D eigenvalue weighted by Gasteiger charge is -2.12. The number of hydrogen-bond donors (Lipinski definition) is 1. The molecule has 1 aromatic heterocycles. The lowest BCUT2D eigenvalue weighted by Crippen LogP contribution is -2.00. The lowest BCUT2D eigenvalue weighted by molar-refractivity contribution is 0.381. The largest absolute Gasteiger partial charge is 0.434 e. The van der Waals surface area contributed by atoms with Crippen LogP contribution in [0.25, 0.3) is 0 Å². The fourth-order valence-corrected chi connectivity index (χ4v) is 2.27. The van der Waals surface area contributed by atoms with Crippen LogP contribution >= 0.6 is 0 Å². The molecule has 18 heavy (non-hydrogen) atoms. The molecule has 0 amide bonds. The third-order valence-corrected chi connectivity index (χ3v) is 3.37. The van der Waals surface area contributed by atoms with Gasteiger partial charge in [0.15, 0.2) is 0 Å². The maximum Gasteiger partial charge on any atom is 0.434 e. The van der Waals surface area contributed by atoms with Gasteiger partial charge in [0.1, 0.15) is 0 Å². The first-order valence-electron chi connectivity index (χ1n) is 7.33. The maximum atomic E-state index is 11.0. The van der Waals surface area contributed by atoms with Gasteiger partial charge < -0.3 is 4.42 Å². The Morgan fingerprint density at radius 2 is 1.67 bits per heavy atom. The lowest BCUT2D eigenvalue weighted by atomic mass is 9.95. The molecule has 0 aliphatic rings. The standard InChI is InChI=1S/C14H26N2O2/c1-3-5-7-9-11-12(10-8-6-4-2)13-15-16-14(17)18-13/h12H,3-11H2,1-2H3,(H,16,17). The van der Waals surface area contributed by atoms with E-state index in [4.69, 9.17) is 4.42 Å². The summed E-state index contributed by atoms with van der Waals surface area (Å²) in [5, 5.41) is 6.36. The molecule has 1 heterocycles. The fourth-order valence-electron chi connectivity index (χ4n) is 2.27. The summed E-state index contributed by atoms with van der Waals surface area (Å²) in [6.45, 7) is 4.41. The first-order valence-corrected chi connectivity index (χ1v) is 7.33. The number of H-pyrrole nitrogens is 1. The topological polar surface area (TPSA) is 58.9 Å². The number of hydrogen-bond acceptors (Lipinski definition) is 3. The van der Waals surface area contributed by atoms with Crippen molar-refractivity contribution < 1.29 is 4.42 Å². The van der Waals surface area contributed by atoms with Crippen LogP contribution in [0.15, 0.2) is 9.21 Å². The summed E-state index contributed by atoms with van der Waals surface area (Å²) in [7, 11) is 0. The highest BCUT2D eigenvalue weighted by molar-refractivity contribution is 4.88. The molecule has 0 radical (unpaired) electrons. The summed E-state index contributed by atoms with van der Waals surface area (Å²) < 4.78 is 5.11. The zero-order valence-corrected chi connectivity index (χ0v) is 11.7. The van der Waals surface area contributed by atoms with Crippen LogP contribution in [0.1, 0.15) is 83.4 Å². The van der Waals surface area contributed by atoms with Gasteiger partial charge in [-0.2, -0.15) is 0 Å². The third kappa shape index (κ3) is 5.52. The van der Waals surface area contributed by atoms with Gasteiger partial charge in [-0.3, -0.25) is 0 Å². The van der Waals surface area contributed by atoms with Gasteiger partial charge >= 0.3 is 5.76 Å².